The lowest BCUT2D eigenvalue weighted by atomic mass is 10.3. The van der Waals surface area contributed by atoms with Gasteiger partial charge in [0.2, 0.25) is 0 Å². The summed E-state index contributed by atoms with van der Waals surface area (Å²) in [6, 6.07) is 6.56. The molecule has 1 heterocycles. The van der Waals surface area contributed by atoms with Gasteiger partial charge in [0.1, 0.15) is 0 Å². The molecule has 3 rings (SSSR count). The van der Waals surface area contributed by atoms with Crippen LogP contribution >= 0.6 is 55.1 Å². The number of benzene rings is 2. The minimum absolute atomic E-state index is 0.0649. The van der Waals surface area contributed by atoms with Gasteiger partial charge in [0, 0.05) is 8.95 Å². The molecule has 0 atom stereocenters. The number of hydrogen-bond acceptors (Lipinski definition) is 4. The third-order valence-electron chi connectivity index (χ3n) is 2.50. The average molecular weight is 471 g/mol. The Balaban J connectivity index is 0.000000164. The monoisotopic (exact) mass is 468 g/mol. The maximum Gasteiger partial charge on any atom is 0.417 e. The van der Waals surface area contributed by atoms with Crippen molar-refractivity contribution in [2.75, 3.05) is 5.73 Å². The molecule has 116 valence electrons. The normalized spacial score (nSPS) is 10.4. The van der Waals surface area contributed by atoms with Crippen molar-refractivity contribution in [2.24, 2.45) is 0 Å². The van der Waals surface area contributed by atoms with Crippen LogP contribution in [0.15, 0.2) is 42.4 Å². The van der Waals surface area contributed by atoms with E-state index in [1.165, 1.54) is 0 Å². The Bertz CT molecular complexity index is 870. The molecule has 0 fully saturated rings. The van der Waals surface area contributed by atoms with E-state index in [4.69, 9.17) is 38.5 Å². The van der Waals surface area contributed by atoms with Crippen LogP contribution in [0.2, 0.25) is 10.0 Å². The Hall–Kier alpha value is -1.15. The van der Waals surface area contributed by atoms with Gasteiger partial charge in [0.15, 0.2) is 11.3 Å². The summed E-state index contributed by atoms with van der Waals surface area (Å²) >= 11 is 17.8. The zero-order valence-electron chi connectivity index (χ0n) is 10.7. The molecular weight excluding hydrogens is 463 g/mol. The molecule has 2 aromatic carbocycles. The summed E-state index contributed by atoms with van der Waals surface area (Å²) in [4.78, 5) is 13.3. The molecule has 0 saturated carbocycles. The van der Waals surface area contributed by atoms with E-state index in [1.54, 1.807) is 24.3 Å². The van der Waals surface area contributed by atoms with Gasteiger partial charge in [-0.2, -0.15) is 0 Å². The molecule has 0 unspecified atom stereocenters. The van der Waals surface area contributed by atoms with Gasteiger partial charge in [-0.25, -0.2) is 4.79 Å². The fourth-order valence-corrected chi connectivity index (χ4v) is 3.25. The first kappa shape index (κ1) is 17.2. The van der Waals surface area contributed by atoms with Crippen LogP contribution in [0.4, 0.5) is 5.69 Å². The molecule has 1 aromatic heterocycles. The predicted octanol–water partition coefficient (Wildman–Crippen LogP) is 4.93. The van der Waals surface area contributed by atoms with Gasteiger partial charge in [-0.05, 0) is 24.3 Å². The lowest BCUT2D eigenvalue weighted by Gasteiger charge is -2.00. The number of oxazole rings is 1. The number of aromatic hydroxyl groups is 1. The van der Waals surface area contributed by atoms with Crippen molar-refractivity contribution in [3.8, 4) is 5.75 Å². The lowest BCUT2D eigenvalue weighted by molar-refractivity contribution is 0.478. The number of nitrogens with one attached hydrogen (secondary N) is 1. The first-order chi connectivity index (χ1) is 10.3. The van der Waals surface area contributed by atoms with Gasteiger partial charge >= 0.3 is 5.76 Å². The fraction of sp³-hybridized carbons (Fsp3) is 0. The van der Waals surface area contributed by atoms with E-state index < -0.39 is 5.76 Å². The van der Waals surface area contributed by atoms with Crippen molar-refractivity contribution in [1.82, 2.24) is 4.98 Å². The molecule has 9 heteroatoms. The highest BCUT2D eigenvalue weighted by molar-refractivity contribution is 9.10. The molecule has 0 aliphatic heterocycles. The number of aromatic amines is 1. The van der Waals surface area contributed by atoms with Crippen molar-refractivity contribution in [2.45, 2.75) is 0 Å². The first-order valence-electron chi connectivity index (χ1n) is 5.69. The number of fused-ring (bicyclic) bond motifs is 1. The summed E-state index contributed by atoms with van der Waals surface area (Å²) in [5, 5.41) is 9.72. The highest BCUT2D eigenvalue weighted by Gasteiger charge is 2.06. The van der Waals surface area contributed by atoms with Gasteiger partial charge in [-0.3, -0.25) is 4.98 Å². The summed E-state index contributed by atoms with van der Waals surface area (Å²) in [7, 11) is 0. The minimum atomic E-state index is -0.495. The molecule has 0 aliphatic carbocycles. The van der Waals surface area contributed by atoms with Crippen LogP contribution in [0.5, 0.6) is 5.75 Å². The van der Waals surface area contributed by atoms with Crippen LogP contribution in [-0.4, -0.2) is 10.1 Å². The van der Waals surface area contributed by atoms with E-state index in [-0.39, 0.29) is 16.5 Å². The molecule has 0 saturated heterocycles. The standard InChI is InChI=1S/C7H3BrClNO2.C6H5BrClNO/c8-3-1-4(9)6-5(2-3)10-7(11)12-6;7-3-1-4(8)6(10)5(9)2-3/h1-2H,(H,10,11);1-2,10H,9H2. The van der Waals surface area contributed by atoms with E-state index >= 15 is 0 Å². The van der Waals surface area contributed by atoms with E-state index in [9.17, 15) is 4.79 Å². The van der Waals surface area contributed by atoms with E-state index in [1.807, 2.05) is 0 Å². The second kappa shape index (κ2) is 6.95. The first-order valence-corrected chi connectivity index (χ1v) is 8.03. The SMILES string of the molecule is Nc1cc(Br)cc(Cl)c1O.O=c1[nH]c2cc(Br)cc(Cl)c2o1. The van der Waals surface area contributed by atoms with Crippen LogP contribution in [0.25, 0.3) is 11.1 Å². The van der Waals surface area contributed by atoms with Crippen molar-refractivity contribution >= 4 is 71.8 Å². The zero-order chi connectivity index (χ0) is 16.4. The second-order valence-corrected chi connectivity index (χ2v) is 6.75. The van der Waals surface area contributed by atoms with Gasteiger partial charge in [-0.1, -0.05) is 55.1 Å². The number of nitrogen functional groups attached to an aromatic ring is 1. The maximum atomic E-state index is 10.8. The topological polar surface area (TPSA) is 92.2 Å². The predicted molar refractivity (Wildman–Crippen MR) is 94.8 cm³/mol. The van der Waals surface area contributed by atoms with Crippen LogP contribution < -0.4 is 11.5 Å². The minimum Gasteiger partial charge on any atom is -0.504 e. The quantitative estimate of drug-likeness (QED) is 0.321. The number of phenolic OH excluding ortho intramolecular Hbond substituents is 1. The number of anilines is 1. The Kier molecular flexibility index (Phi) is 5.44. The summed E-state index contributed by atoms with van der Waals surface area (Å²) < 4.78 is 6.35. The Morgan fingerprint density at radius 2 is 1.68 bits per heavy atom. The molecule has 0 radical (unpaired) electrons. The number of hydrogen-bond donors (Lipinski definition) is 3. The number of H-pyrrole nitrogens is 1. The molecule has 0 bridgehead atoms. The zero-order valence-corrected chi connectivity index (χ0v) is 15.3. The Labute approximate surface area is 151 Å². The number of halogens is 4. The van der Waals surface area contributed by atoms with Crippen molar-refractivity contribution in [3.63, 3.8) is 0 Å². The fourth-order valence-electron chi connectivity index (χ4n) is 1.57. The second-order valence-electron chi connectivity index (χ2n) is 4.10. The molecule has 4 N–H and O–H groups in total. The number of rotatable bonds is 0. The van der Waals surface area contributed by atoms with Gasteiger partial charge in [0.05, 0.1) is 21.2 Å². The maximum absolute atomic E-state index is 10.8. The molecule has 0 amide bonds. The largest absolute Gasteiger partial charge is 0.504 e. The summed E-state index contributed by atoms with van der Waals surface area (Å²) in [5.41, 5.74) is 6.62. The Morgan fingerprint density at radius 1 is 1.09 bits per heavy atom. The molecule has 5 nitrogen and oxygen atoms in total. The highest BCUT2D eigenvalue weighted by Crippen LogP contribution is 2.32. The third kappa shape index (κ3) is 3.98. The van der Waals surface area contributed by atoms with Gasteiger partial charge < -0.3 is 15.3 Å². The van der Waals surface area contributed by atoms with Crippen molar-refractivity contribution in [3.05, 3.63) is 53.8 Å². The van der Waals surface area contributed by atoms with E-state index in [0.29, 0.717) is 16.1 Å². The van der Waals surface area contributed by atoms with Crippen molar-refractivity contribution < 1.29 is 9.52 Å². The van der Waals surface area contributed by atoms with E-state index in [0.717, 1.165) is 8.95 Å². The molecule has 22 heavy (non-hydrogen) atoms. The number of phenols is 1. The molecule has 0 spiro atoms. The van der Waals surface area contributed by atoms with Crippen LogP contribution in [0, 0.1) is 0 Å². The van der Waals surface area contributed by atoms with Crippen LogP contribution in [-0.2, 0) is 0 Å². The average Bonchev–Trinajstić information content (AvgIpc) is 2.77. The van der Waals surface area contributed by atoms with Crippen LogP contribution in [0.1, 0.15) is 0 Å². The summed E-state index contributed by atoms with van der Waals surface area (Å²) in [6.45, 7) is 0. The van der Waals surface area contributed by atoms with Gasteiger partial charge in [-0.15, -0.1) is 0 Å². The Morgan fingerprint density at radius 3 is 2.32 bits per heavy atom. The van der Waals surface area contributed by atoms with Gasteiger partial charge in [0.25, 0.3) is 0 Å². The number of aromatic nitrogens is 1. The number of nitrogens with two attached hydrogens (primary N) is 1. The van der Waals surface area contributed by atoms with E-state index in [2.05, 4.69) is 36.8 Å². The summed E-state index contributed by atoms with van der Waals surface area (Å²) in [5.74, 6) is -0.560. The molecule has 3 aromatic rings. The summed E-state index contributed by atoms with van der Waals surface area (Å²) in [6.07, 6.45) is 0. The van der Waals surface area contributed by atoms with Crippen molar-refractivity contribution in [1.29, 1.82) is 0 Å². The highest BCUT2D eigenvalue weighted by atomic mass is 79.9. The smallest absolute Gasteiger partial charge is 0.417 e. The lowest BCUT2D eigenvalue weighted by Crippen LogP contribution is -1.92. The molecule has 0 aliphatic rings. The van der Waals surface area contributed by atoms with Crippen LogP contribution in [0.3, 0.4) is 0 Å². The molecular formula is C13H8Br2Cl2N2O3. The third-order valence-corrected chi connectivity index (χ3v) is 3.98.